The molecule has 0 aromatic rings. The van der Waals surface area contributed by atoms with Crippen molar-refractivity contribution < 1.29 is 4.79 Å². The first-order valence-corrected chi connectivity index (χ1v) is 7.03. The molecule has 1 amide bonds. The van der Waals surface area contributed by atoms with Gasteiger partial charge in [-0.2, -0.15) is 0 Å². The van der Waals surface area contributed by atoms with E-state index in [2.05, 4.69) is 22.5 Å². The standard InChI is InChI=1S/C13H25N3O/c1-2-16(12-5-6-12)9-8-15-13(17)11-4-3-7-14-10-11/h11-12,14H,2-10H2,1H3,(H,15,17)/t11-/m1/s1. The molecule has 4 nitrogen and oxygen atoms in total. The third-order valence-electron chi connectivity index (χ3n) is 3.84. The average Bonchev–Trinajstić information content (AvgIpc) is 3.20. The summed E-state index contributed by atoms with van der Waals surface area (Å²) >= 11 is 0. The quantitative estimate of drug-likeness (QED) is 0.713. The summed E-state index contributed by atoms with van der Waals surface area (Å²) < 4.78 is 0. The minimum absolute atomic E-state index is 0.194. The van der Waals surface area contributed by atoms with Crippen LogP contribution in [0.15, 0.2) is 0 Å². The summed E-state index contributed by atoms with van der Waals surface area (Å²) in [6, 6.07) is 0.799. The number of rotatable bonds is 6. The topological polar surface area (TPSA) is 44.4 Å². The lowest BCUT2D eigenvalue weighted by atomic mass is 9.99. The van der Waals surface area contributed by atoms with E-state index in [0.29, 0.717) is 0 Å². The van der Waals surface area contributed by atoms with E-state index in [1.54, 1.807) is 0 Å². The molecule has 0 aromatic carbocycles. The van der Waals surface area contributed by atoms with E-state index >= 15 is 0 Å². The lowest BCUT2D eigenvalue weighted by molar-refractivity contribution is -0.125. The number of likely N-dealkylation sites (N-methyl/N-ethyl adjacent to an activating group) is 1. The average molecular weight is 239 g/mol. The van der Waals surface area contributed by atoms with Crippen LogP contribution < -0.4 is 10.6 Å². The molecule has 98 valence electrons. The minimum Gasteiger partial charge on any atom is -0.355 e. The fourth-order valence-electron chi connectivity index (χ4n) is 2.58. The summed E-state index contributed by atoms with van der Waals surface area (Å²) in [5.41, 5.74) is 0. The van der Waals surface area contributed by atoms with Crippen LogP contribution >= 0.6 is 0 Å². The largest absolute Gasteiger partial charge is 0.355 e. The minimum atomic E-state index is 0.194. The van der Waals surface area contributed by atoms with Crippen LogP contribution in [0.1, 0.15) is 32.6 Å². The summed E-state index contributed by atoms with van der Waals surface area (Å²) in [5, 5.41) is 6.36. The molecule has 1 saturated heterocycles. The number of amides is 1. The van der Waals surface area contributed by atoms with E-state index in [9.17, 15) is 4.79 Å². The van der Waals surface area contributed by atoms with E-state index in [4.69, 9.17) is 0 Å². The van der Waals surface area contributed by atoms with Crippen LogP contribution in [0, 0.1) is 5.92 Å². The zero-order valence-corrected chi connectivity index (χ0v) is 10.9. The van der Waals surface area contributed by atoms with Gasteiger partial charge in [0.15, 0.2) is 0 Å². The highest BCUT2D eigenvalue weighted by atomic mass is 16.1. The van der Waals surface area contributed by atoms with Gasteiger partial charge in [0.05, 0.1) is 5.92 Å². The molecule has 0 aromatic heterocycles. The molecule has 0 radical (unpaired) electrons. The maximum atomic E-state index is 11.9. The van der Waals surface area contributed by atoms with E-state index in [1.165, 1.54) is 12.8 Å². The number of nitrogens with zero attached hydrogens (tertiary/aromatic N) is 1. The Bertz CT molecular complexity index is 247. The molecule has 1 atom stereocenters. The van der Waals surface area contributed by atoms with Crippen LogP contribution in [0.4, 0.5) is 0 Å². The predicted molar refractivity (Wildman–Crippen MR) is 68.9 cm³/mol. The second kappa shape index (κ2) is 6.36. The maximum absolute atomic E-state index is 11.9. The number of hydrogen-bond donors (Lipinski definition) is 2. The SMILES string of the molecule is CCN(CCNC(=O)[C@@H]1CCCNC1)C1CC1. The molecule has 2 N–H and O–H groups in total. The van der Waals surface area contributed by atoms with Gasteiger partial charge in [-0.15, -0.1) is 0 Å². The van der Waals surface area contributed by atoms with Gasteiger partial charge in [0.1, 0.15) is 0 Å². The number of carbonyl (C=O) groups is 1. The van der Waals surface area contributed by atoms with Crippen molar-refractivity contribution in [3.8, 4) is 0 Å². The number of piperidine rings is 1. The highest BCUT2D eigenvalue weighted by Gasteiger charge is 2.27. The Hall–Kier alpha value is -0.610. The molecule has 0 unspecified atom stereocenters. The molecule has 2 rings (SSSR count). The first kappa shape index (κ1) is 12.8. The molecule has 17 heavy (non-hydrogen) atoms. The Kier molecular flexibility index (Phi) is 4.80. The van der Waals surface area contributed by atoms with Crippen LogP contribution in [0.2, 0.25) is 0 Å². The van der Waals surface area contributed by atoms with E-state index in [-0.39, 0.29) is 11.8 Å². The molecular weight excluding hydrogens is 214 g/mol. The normalized spacial score (nSPS) is 24.9. The zero-order valence-electron chi connectivity index (χ0n) is 10.9. The fraction of sp³-hybridized carbons (Fsp3) is 0.923. The molecule has 1 saturated carbocycles. The Balaban J connectivity index is 1.61. The predicted octanol–water partition coefficient (Wildman–Crippen LogP) is 0.587. The van der Waals surface area contributed by atoms with Gasteiger partial charge in [-0.05, 0) is 38.8 Å². The lowest BCUT2D eigenvalue weighted by Gasteiger charge is -2.23. The summed E-state index contributed by atoms with van der Waals surface area (Å²) in [4.78, 5) is 14.4. The van der Waals surface area contributed by atoms with Crippen LogP contribution in [-0.2, 0) is 4.79 Å². The third kappa shape index (κ3) is 3.96. The summed E-state index contributed by atoms with van der Waals surface area (Å²) in [7, 11) is 0. The van der Waals surface area contributed by atoms with Gasteiger partial charge in [0.2, 0.25) is 5.91 Å². The lowest BCUT2D eigenvalue weighted by Crippen LogP contribution is -2.43. The summed E-state index contributed by atoms with van der Waals surface area (Å²) in [5.74, 6) is 0.434. The van der Waals surface area contributed by atoms with Crippen molar-refractivity contribution in [2.75, 3.05) is 32.7 Å². The van der Waals surface area contributed by atoms with Crippen molar-refractivity contribution in [2.24, 2.45) is 5.92 Å². The van der Waals surface area contributed by atoms with Crippen molar-refractivity contribution in [3.05, 3.63) is 0 Å². The van der Waals surface area contributed by atoms with Crippen LogP contribution in [0.3, 0.4) is 0 Å². The molecule has 0 bridgehead atoms. The molecule has 1 heterocycles. The number of carbonyl (C=O) groups excluding carboxylic acids is 1. The smallest absolute Gasteiger partial charge is 0.224 e. The zero-order chi connectivity index (χ0) is 12.1. The molecule has 1 aliphatic heterocycles. The Morgan fingerprint density at radius 3 is 2.82 bits per heavy atom. The van der Waals surface area contributed by atoms with E-state index < -0.39 is 0 Å². The number of nitrogens with one attached hydrogen (secondary N) is 2. The monoisotopic (exact) mass is 239 g/mol. The van der Waals surface area contributed by atoms with E-state index in [1.807, 2.05) is 0 Å². The molecule has 2 fully saturated rings. The molecular formula is C13H25N3O. The van der Waals surface area contributed by atoms with Gasteiger partial charge in [-0.25, -0.2) is 0 Å². The van der Waals surface area contributed by atoms with Gasteiger partial charge in [-0.3, -0.25) is 9.69 Å². The van der Waals surface area contributed by atoms with Crippen LogP contribution in [0.5, 0.6) is 0 Å². The van der Waals surface area contributed by atoms with Gasteiger partial charge >= 0.3 is 0 Å². The summed E-state index contributed by atoms with van der Waals surface area (Å²) in [6.07, 6.45) is 4.85. The van der Waals surface area contributed by atoms with Gasteiger partial charge in [0, 0.05) is 25.7 Å². The third-order valence-corrected chi connectivity index (χ3v) is 3.84. The second-order valence-corrected chi connectivity index (χ2v) is 5.19. The Morgan fingerprint density at radius 2 is 2.24 bits per heavy atom. The Morgan fingerprint density at radius 1 is 1.41 bits per heavy atom. The molecule has 1 aliphatic carbocycles. The van der Waals surface area contributed by atoms with Gasteiger partial charge in [0.25, 0.3) is 0 Å². The van der Waals surface area contributed by atoms with Gasteiger partial charge < -0.3 is 10.6 Å². The van der Waals surface area contributed by atoms with Crippen molar-refractivity contribution in [3.63, 3.8) is 0 Å². The summed E-state index contributed by atoms with van der Waals surface area (Å²) in [6.45, 7) is 7.03. The second-order valence-electron chi connectivity index (χ2n) is 5.19. The van der Waals surface area contributed by atoms with Crippen molar-refractivity contribution in [1.29, 1.82) is 0 Å². The molecule has 0 spiro atoms. The highest BCUT2D eigenvalue weighted by molar-refractivity contribution is 5.78. The molecule has 4 heteroatoms. The Labute approximate surface area is 104 Å². The van der Waals surface area contributed by atoms with Crippen molar-refractivity contribution in [1.82, 2.24) is 15.5 Å². The van der Waals surface area contributed by atoms with Crippen molar-refractivity contribution in [2.45, 2.75) is 38.6 Å². The van der Waals surface area contributed by atoms with E-state index in [0.717, 1.165) is 51.6 Å². The van der Waals surface area contributed by atoms with Crippen molar-refractivity contribution >= 4 is 5.91 Å². The van der Waals surface area contributed by atoms with Crippen LogP contribution in [-0.4, -0.2) is 49.6 Å². The first-order valence-electron chi connectivity index (χ1n) is 7.03. The molecule has 2 aliphatic rings. The van der Waals surface area contributed by atoms with Crippen LogP contribution in [0.25, 0.3) is 0 Å². The first-order chi connectivity index (χ1) is 8.31. The number of hydrogen-bond acceptors (Lipinski definition) is 3. The maximum Gasteiger partial charge on any atom is 0.224 e. The highest BCUT2D eigenvalue weighted by Crippen LogP contribution is 2.25. The fourth-order valence-corrected chi connectivity index (χ4v) is 2.58. The van der Waals surface area contributed by atoms with Gasteiger partial charge in [-0.1, -0.05) is 6.92 Å².